The summed E-state index contributed by atoms with van der Waals surface area (Å²) in [5.74, 6) is 0.348. The molecule has 3 N–H and O–H groups in total. The molecule has 1 saturated heterocycles. The highest BCUT2D eigenvalue weighted by Crippen LogP contribution is 2.16. The maximum absolute atomic E-state index is 12.1. The summed E-state index contributed by atoms with van der Waals surface area (Å²) in [7, 11) is 1.73. The highest BCUT2D eigenvalue weighted by Gasteiger charge is 2.20. The molecule has 1 fully saturated rings. The molecule has 0 spiro atoms. The molecule has 0 aromatic carbocycles. The average molecular weight is 252 g/mol. The fourth-order valence-corrected chi connectivity index (χ4v) is 2.22. The Hall–Kier alpha value is -1.56. The first-order valence-corrected chi connectivity index (χ1v) is 6.24. The van der Waals surface area contributed by atoms with Gasteiger partial charge in [-0.15, -0.1) is 0 Å². The highest BCUT2D eigenvalue weighted by atomic mass is 16.5. The number of anilines is 1. The Balaban J connectivity index is 1.95. The molecule has 2 rings (SSSR count). The zero-order valence-corrected chi connectivity index (χ0v) is 10.9. The van der Waals surface area contributed by atoms with Crippen LogP contribution in [-0.4, -0.2) is 35.4 Å². The number of nitrogen functional groups attached to an aromatic ring is 1. The van der Waals surface area contributed by atoms with Crippen LogP contribution in [0.3, 0.4) is 0 Å². The molecule has 0 unspecified atom stereocenters. The van der Waals surface area contributed by atoms with E-state index in [1.807, 2.05) is 0 Å². The van der Waals surface area contributed by atoms with Gasteiger partial charge in [-0.25, -0.2) is 0 Å². The molecule has 0 aliphatic carbocycles. The van der Waals surface area contributed by atoms with Gasteiger partial charge in [0.25, 0.3) is 5.91 Å². The molecule has 1 aromatic heterocycles. The van der Waals surface area contributed by atoms with Crippen molar-refractivity contribution in [2.75, 3.05) is 25.5 Å². The Morgan fingerprint density at radius 2 is 2.22 bits per heavy atom. The van der Waals surface area contributed by atoms with Crippen LogP contribution in [0, 0.1) is 12.8 Å². The van der Waals surface area contributed by atoms with E-state index in [1.165, 1.54) is 4.68 Å². The second kappa shape index (κ2) is 5.39. The van der Waals surface area contributed by atoms with Gasteiger partial charge in [0.15, 0.2) is 0 Å². The van der Waals surface area contributed by atoms with Crippen molar-refractivity contribution in [2.45, 2.75) is 19.8 Å². The fraction of sp³-hybridized carbons (Fsp3) is 0.667. The van der Waals surface area contributed by atoms with E-state index in [0.717, 1.165) is 26.1 Å². The Labute approximate surface area is 106 Å². The molecule has 100 valence electrons. The van der Waals surface area contributed by atoms with Gasteiger partial charge in [-0.1, -0.05) is 0 Å². The van der Waals surface area contributed by atoms with Gasteiger partial charge in [0.1, 0.15) is 5.69 Å². The third kappa shape index (κ3) is 2.64. The maximum atomic E-state index is 12.1. The Bertz CT molecular complexity index is 436. The largest absolute Gasteiger partial charge is 0.395 e. The standard InChI is InChI=1S/C12H20N4O2/c1-8-10(13)11(16(2)15-8)12(17)14-7-9-3-5-18-6-4-9/h9H,3-7,13H2,1-2H3,(H,14,17). The first kappa shape index (κ1) is 12.9. The molecule has 1 aliphatic rings. The van der Waals surface area contributed by atoms with Crippen LogP contribution >= 0.6 is 0 Å². The highest BCUT2D eigenvalue weighted by molar-refractivity contribution is 5.97. The van der Waals surface area contributed by atoms with Crippen molar-refractivity contribution in [2.24, 2.45) is 13.0 Å². The van der Waals surface area contributed by atoms with Crippen molar-refractivity contribution < 1.29 is 9.53 Å². The van der Waals surface area contributed by atoms with Crippen molar-refractivity contribution in [1.82, 2.24) is 15.1 Å². The number of nitrogens with two attached hydrogens (primary N) is 1. The summed E-state index contributed by atoms with van der Waals surface area (Å²) in [5, 5.41) is 7.07. The summed E-state index contributed by atoms with van der Waals surface area (Å²) in [6.07, 6.45) is 2.00. The summed E-state index contributed by atoms with van der Waals surface area (Å²) in [6, 6.07) is 0. The predicted molar refractivity (Wildman–Crippen MR) is 68.2 cm³/mol. The Morgan fingerprint density at radius 1 is 1.56 bits per heavy atom. The molecule has 0 saturated carbocycles. The zero-order chi connectivity index (χ0) is 13.1. The molecule has 1 amide bonds. The molecular formula is C12H20N4O2. The number of hydrogen-bond donors (Lipinski definition) is 2. The van der Waals surface area contributed by atoms with Gasteiger partial charge < -0.3 is 15.8 Å². The summed E-state index contributed by atoms with van der Waals surface area (Å²) in [4.78, 5) is 12.1. The Morgan fingerprint density at radius 3 is 2.78 bits per heavy atom. The molecule has 0 radical (unpaired) electrons. The van der Waals surface area contributed by atoms with Crippen LogP contribution < -0.4 is 11.1 Å². The van der Waals surface area contributed by atoms with Crippen molar-refractivity contribution in [3.05, 3.63) is 11.4 Å². The summed E-state index contributed by atoms with van der Waals surface area (Å²) in [6.45, 7) is 4.04. The van der Waals surface area contributed by atoms with Crippen LogP contribution in [0.2, 0.25) is 0 Å². The smallest absolute Gasteiger partial charge is 0.271 e. The van der Waals surface area contributed by atoms with Crippen molar-refractivity contribution in [3.8, 4) is 0 Å². The van der Waals surface area contributed by atoms with Gasteiger partial charge in [-0.2, -0.15) is 5.10 Å². The van der Waals surface area contributed by atoms with Gasteiger partial charge in [0.2, 0.25) is 0 Å². The molecule has 0 atom stereocenters. The number of hydrogen-bond acceptors (Lipinski definition) is 4. The topological polar surface area (TPSA) is 82.2 Å². The molecule has 18 heavy (non-hydrogen) atoms. The molecule has 0 bridgehead atoms. The first-order valence-electron chi connectivity index (χ1n) is 6.24. The average Bonchev–Trinajstić information content (AvgIpc) is 2.62. The van der Waals surface area contributed by atoms with Crippen molar-refractivity contribution in [1.29, 1.82) is 0 Å². The van der Waals surface area contributed by atoms with Crippen molar-refractivity contribution in [3.63, 3.8) is 0 Å². The molecule has 1 aliphatic heterocycles. The van der Waals surface area contributed by atoms with E-state index in [2.05, 4.69) is 10.4 Å². The van der Waals surface area contributed by atoms with E-state index in [1.54, 1.807) is 14.0 Å². The minimum atomic E-state index is -0.151. The molecular weight excluding hydrogens is 232 g/mol. The van der Waals surface area contributed by atoms with E-state index in [9.17, 15) is 4.79 Å². The van der Waals surface area contributed by atoms with Gasteiger partial charge >= 0.3 is 0 Å². The number of aromatic nitrogens is 2. The Kier molecular flexibility index (Phi) is 3.86. The van der Waals surface area contributed by atoms with Crippen molar-refractivity contribution >= 4 is 11.6 Å². The van der Waals surface area contributed by atoms with Gasteiger partial charge in [-0.05, 0) is 25.7 Å². The lowest BCUT2D eigenvalue weighted by molar-refractivity contribution is 0.0641. The SMILES string of the molecule is Cc1nn(C)c(C(=O)NCC2CCOCC2)c1N. The summed E-state index contributed by atoms with van der Waals surface area (Å²) >= 11 is 0. The minimum Gasteiger partial charge on any atom is -0.395 e. The normalized spacial score (nSPS) is 16.8. The zero-order valence-electron chi connectivity index (χ0n) is 10.9. The summed E-state index contributed by atoms with van der Waals surface area (Å²) < 4.78 is 6.82. The van der Waals surface area contributed by atoms with E-state index in [4.69, 9.17) is 10.5 Å². The van der Waals surface area contributed by atoms with E-state index < -0.39 is 0 Å². The predicted octanol–water partition coefficient (Wildman–Crippen LogP) is 0.467. The van der Waals surface area contributed by atoms with Gasteiger partial charge in [0, 0.05) is 26.8 Å². The lowest BCUT2D eigenvalue weighted by Crippen LogP contribution is -2.33. The van der Waals surface area contributed by atoms with Crippen LogP contribution in [0.5, 0.6) is 0 Å². The second-order valence-corrected chi connectivity index (χ2v) is 4.74. The molecule has 2 heterocycles. The van der Waals surface area contributed by atoms with Crippen LogP contribution in [0.15, 0.2) is 0 Å². The number of aryl methyl sites for hydroxylation is 2. The van der Waals surface area contributed by atoms with Gasteiger partial charge in [0.05, 0.1) is 11.4 Å². The number of amides is 1. The van der Waals surface area contributed by atoms with E-state index in [0.29, 0.717) is 29.5 Å². The number of ether oxygens (including phenoxy) is 1. The monoisotopic (exact) mass is 252 g/mol. The minimum absolute atomic E-state index is 0.151. The molecule has 1 aromatic rings. The van der Waals surface area contributed by atoms with E-state index >= 15 is 0 Å². The fourth-order valence-electron chi connectivity index (χ4n) is 2.22. The number of carbonyl (C=O) groups is 1. The maximum Gasteiger partial charge on any atom is 0.271 e. The second-order valence-electron chi connectivity index (χ2n) is 4.74. The number of rotatable bonds is 3. The van der Waals surface area contributed by atoms with Crippen LogP contribution in [0.25, 0.3) is 0 Å². The lowest BCUT2D eigenvalue weighted by atomic mass is 10.0. The quantitative estimate of drug-likeness (QED) is 0.819. The van der Waals surface area contributed by atoms with Crippen LogP contribution in [-0.2, 0) is 11.8 Å². The number of nitrogens with one attached hydrogen (secondary N) is 1. The molecule has 6 heteroatoms. The molecule has 6 nitrogen and oxygen atoms in total. The van der Waals surface area contributed by atoms with Crippen LogP contribution in [0.1, 0.15) is 29.0 Å². The first-order chi connectivity index (χ1) is 8.59. The number of nitrogens with zero attached hydrogens (tertiary/aromatic N) is 2. The lowest BCUT2D eigenvalue weighted by Gasteiger charge is -2.22. The third-order valence-corrected chi connectivity index (χ3v) is 3.38. The number of carbonyl (C=O) groups excluding carboxylic acids is 1. The van der Waals surface area contributed by atoms with Gasteiger partial charge in [-0.3, -0.25) is 9.48 Å². The van der Waals surface area contributed by atoms with E-state index in [-0.39, 0.29) is 5.91 Å². The van der Waals surface area contributed by atoms with Crippen LogP contribution in [0.4, 0.5) is 5.69 Å². The summed E-state index contributed by atoms with van der Waals surface area (Å²) in [5.41, 5.74) is 7.44. The third-order valence-electron chi connectivity index (χ3n) is 3.38.